The minimum absolute atomic E-state index is 0.0729. The Bertz CT molecular complexity index is 660. The second kappa shape index (κ2) is 8.27. The summed E-state index contributed by atoms with van der Waals surface area (Å²) in [5, 5.41) is 19.6. The highest BCUT2D eigenvalue weighted by Gasteiger charge is 2.35. The van der Waals surface area contributed by atoms with Gasteiger partial charge in [-0.1, -0.05) is 30.3 Å². The molecule has 0 spiro atoms. The number of benzene rings is 1. The molecule has 8 heteroatoms. The van der Waals surface area contributed by atoms with Crippen molar-refractivity contribution in [1.82, 2.24) is 10.2 Å². The number of nitrogens with one attached hydrogen (secondary N) is 1. The second-order valence-corrected chi connectivity index (χ2v) is 5.90. The Balaban J connectivity index is 0.000000212. The molecule has 2 unspecified atom stereocenters. The zero-order valence-electron chi connectivity index (χ0n) is 13.6. The van der Waals surface area contributed by atoms with Gasteiger partial charge in [-0.3, -0.25) is 9.59 Å². The Labute approximate surface area is 144 Å². The van der Waals surface area contributed by atoms with E-state index in [-0.39, 0.29) is 11.8 Å². The molecular formula is C17H20N2O6. The predicted octanol–water partition coefficient (Wildman–Crippen LogP) is 0.612. The summed E-state index contributed by atoms with van der Waals surface area (Å²) in [7, 11) is 0. The Morgan fingerprint density at radius 1 is 1.04 bits per heavy atom. The van der Waals surface area contributed by atoms with E-state index in [0.717, 1.165) is 5.56 Å². The van der Waals surface area contributed by atoms with Crippen molar-refractivity contribution < 1.29 is 29.4 Å². The van der Waals surface area contributed by atoms with Gasteiger partial charge in [-0.15, -0.1) is 0 Å². The van der Waals surface area contributed by atoms with Crippen LogP contribution in [0.5, 0.6) is 0 Å². The van der Waals surface area contributed by atoms with Crippen molar-refractivity contribution in [3.8, 4) is 0 Å². The van der Waals surface area contributed by atoms with E-state index in [2.05, 4.69) is 5.32 Å². The van der Waals surface area contributed by atoms with Crippen LogP contribution in [0.25, 0.3) is 0 Å². The maximum Gasteiger partial charge on any atom is 0.326 e. The summed E-state index contributed by atoms with van der Waals surface area (Å²) in [6.45, 7) is 0.386. The summed E-state index contributed by atoms with van der Waals surface area (Å²) in [5.74, 6) is -2.10. The van der Waals surface area contributed by atoms with Crippen molar-refractivity contribution in [1.29, 1.82) is 0 Å². The van der Waals surface area contributed by atoms with Gasteiger partial charge in [0, 0.05) is 19.4 Å². The van der Waals surface area contributed by atoms with Gasteiger partial charge in [-0.05, 0) is 18.4 Å². The number of carboxylic acids is 2. The molecule has 2 aliphatic heterocycles. The van der Waals surface area contributed by atoms with Crippen molar-refractivity contribution in [2.24, 2.45) is 0 Å². The molecule has 3 rings (SSSR count). The van der Waals surface area contributed by atoms with Crippen LogP contribution in [0.1, 0.15) is 31.2 Å². The van der Waals surface area contributed by atoms with Crippen LogP contribution in [-0.4, -0.2) is 50.9 Å². The van der Waals surface area contributed by atoms with Crippen molar-refractivity contribution in [2.75, 3.05) is 0 Å². The highest BCUT2D eigenvalue weighted by atomic mass is 16.4. The molecule has 2 saturated heterocycles. The highest BCUT2D eigenvalue weighted by molar-refractivity contribution is 5.87. The lowest BCUT2D eigenvalue weighted by atomic mass is 10.2. The van der Waals surface area contributed by atoms with Crippen molar-refractivity contribution in [3.05, 3.63) is 35.9 Å². The van der Waals surface area contributed by atoms with E-state index < -0.39 is 24.0 Å². The second-order valence-electron chi connectivity index (χ2n) is 5.90. The largest absolute Gasteiger partial charge is 0.480 e. The molecule has 25 heavy (non-hydrogen) atoms. The summed E-state index contributed by atoms with van der Waals surface area (Å²) in [5.41, 5.74) is 0.962. The molecular weight excluding hydrogens is 328 g/mol. The molecule has 0 saturated carbocycles. The van der Waals surface area contributed by atoms with Crippen LogP contribution >= 0.6 is 0 Å². The number of hydrogen-bond acceptors (Lipinski definition) is 4. The molecule has 1 aromatic rings. The molecule has 0 aliphatic carbocycles. The van der Waals surface area contributed by atoms with Crippen LogP contribution in [0.4, 0.5) is 0 Å². The molecule has 2 atom stereocenters. The molecule has 8 nitrogen and oxygen atoms in total. The van der Waals surface area contributed by atoms with Gasteiger partial charge in [0.1, 0.15) is 12.1 Å². The van der Waals surface area contributed by atoms with Gasteiger partial charge in [-0.2, -0.15) is 0 Å². The Morgan fingerprint density at radius 3 is 2.20 bits per heavy atom. The van der Waals surface area contributed by atoms with Crippen LogP contribution in [0, 0.1) is 0 Å². The fraction of sp³-hybridized carbons (Fsp3) is 0.412. The molecule has 2 heterocycles. The Hall–Kier alpha value is -2.90. The molecule has 0 bridgehead atoms. The normalized spacial score (nSPS) is 22.2. The SMILES string of the molecule is O=C(O)C1CCC(=O)N1Cc1ccccc1.O=C1CCC(C(=O)O)N1. The van der Waals surface area contributed by atoms with Gasteiger partial charge in [0.15, 0.2) is 0 Å². The maximum atomic E-state index is 11.6. The minimum atomic E-state index is -0.944. The first-order chi connectivity index (χ1) is 11.9. The summed E-state index contributed by atoms with van der Waals surface area (Å²) in [4.78, 5) is 44.5. The Morgan fingerprint density at radius 2 is 1.72 bits per heavy atom. The molecule has 2 aliphatic rings. The number of carbonyl (C=O) groups is 4. The van der Waals surface area contributed by atoms with Gasteiger partial charge >= 0.3 is 11.9 Å². The average molecular weight is 348 g/mol. The molecule has 2 fully saturated rings. The predicted molar refractivity (Wildman–Crippen MR) is 86.5 cm³/mol. The number of rotatable bonds is 4. The first-order valence-electron chi connectivity index (χ1n) is 7.97. The number of hydrogen-bond donors (Lipinski definition) is 3. The lowest BCUT2D eigenvalue weighted by molar-refractivity contribution is -0.146. The molecule has 0 aromatic heterocycles. The lowest BCUT2D eigenvalue weighted by Gasteiger charge is -2.21. The van der Waals surface area contributed by atoms with Crippen LogP contribution in [0.3, 0.4) is 0 Å². The zero-order chi connectivity index (χ0) is 18.4. The van der Waals surface area contributed by atoms with Crippen molar-refractivity contribution in [3.63, 3.8) is 0 Å². The lowest BCUT2D eigenvalue weighted by Crippen LogP contribution is -2.37. The van der Waals surface area contributed by atoms with Crippen LogP contribution < -0.4 is 5.32 Å². The van der Waals surface area contributed by atoms with E-state index in [4.69, 9.17) is 10.2 Å². The Kier molecular flexibility index (Phi) is 6.10. The molecule has 2 amide bonds. The molecule has 0 radical (unpaired) electrons. The maximum absolute atomic E-state index is 11.6. The van der Waals surface area contributed by atoms with Gasteiger partial charge in [0.05, 0.1) is 0 Å². The van der Waals surface area contributed by atoms with Crippen molar-refractivity contribution >= 4 is 23.8 Å². The van der Waals surface area contributed by atoms with E-state index in [1.165, 1.54) is 4.90 Å². The monoisotopic (exact) mass is 348 g/mol. The number of carbonyl (C=O) groups excluding carboxylic acids is 2. The van der Waals surface area contributed by atoms with E-state index in [9.17, 15) is 19.2 Å². The number of carboxylic acid groups (broad SMARTS) is 2. The quantitative estimate of drug-likeness (QED) is 0.732. The summed E-state index contributed by atoms with van der Waals surface area (Å²) in [6.07, 6.45) is 1.52. The fourth-order valence-electron chi connectivity index (χ4n) is 2.77. The summed E-state index contributed by atoms with van der Waals surface area (Å²) < 4.78 is 0. The van der Waals surface area contributed by atoms with Crippen LogP contribution in [0.2, 0.25) is 0 Å². The standard InChI is InChI=1S/C12H13NO3.C5H7NO3/c14-11-7-6-10(12(15)16)13(11)8-9-4-2-1-3-5-9;7-4-2-1-3(6-4)5(8)9/h1-5,10H,6-8H2,(H,15,16);3H,1-2H2,(H,6,7)(H,8,9). The van der Waals surface area contributed by atoms with E-state index in [1.54, 1.807) is 0 Å². The first kappa shape index (κ1) is 18.4. The van der Waals surface area contributed by atoms with E-state index in [1.807, 2.05) is 30.3 Å². The third-order valence-corrected chi connectivity index (χ3v) is 4.10. The van der Waals surface area contributed by atoms with Crippen molar-refractivity contribution in [2.45, 2.75) is 44.3 Å². The fourth-order valence-corrected chi connectivity index (χ4v) is 2.77. The molecule has 3 N–H and O–H groups in total. The minimum Gasteiger partial charge on any atom is -0.480 e. The third kappa shape index (κ3) is 5.03. The van der Waals surface area contributed by atoms with Gasteiger partial charge < -0.3 is 20.4 Å². The first-order valence-corrected chi connectivity index (χ1v) is 7.97. The van der Waals surface area contributed by atoms with Gasteiger partial charge in [-0.25, -0.2) is 9.59 Å². The molecule has 1 aromatic carbocycles. The third-order valence-electron chi connectivity index (χ3n) is 4.10. The smallest absolute Gasteiger partial charge is 0.326 e. The zero-order valence-corrected chi connectivity index (χ0v) is 13.6. The highest BCUT2D eigenvalue weighted by Crippen LogP contribution is 2.21. The number of aliphatic carboxylic acids is 2. The summed E-state index contributed by atoms with van der Waals surface area (Å²) >= 11 is 0. The van der Waals surface area contributed by atoms with E-state index >= 15 is 0 Å². The average Bonchev–Trinajstić information content (AvgIpc) is 3.16. The summed E-state index contributed by atoms with van der Waals surface area (Å²) in [6, 6.07) is 8.14. The van der Waals surface area contributed by atoms with Crippen LogP contribution in [0.15, 0.2) is 30.3 Å². The number of likely N-dealkylation sites (tertiary alicyclic amines) is 1. The van der Waals surface area contributed by atoms with Gasteiger partial charge in [0.2, 0.25) is 11.8 Å². The topological polar surface area (TPSA) is 124 Å². The number of nitrogens with zero attached hydrogens (tertiary/aromatic N) is 1. The molecule has 134 valence electrons. The van der Waals surface area contributed by atoms with Crippen LogP contribution in [-0.2, 0) is 25.7 Å². The number of amides is 2. The van der Waals surface area contributed by atoms with Gasteiger partial charge in [0.25, 0.3) is 0 Å². The van der Waals surface area contributed by atoms with E-state index in [0.29, 0.717) is 32.2 Å².